The molecule has 1 aromatic heterocycles. The number of aromatic nitrogens is 1. The van der Waals surface area contributed by atoms with E-state index in [1.807, 2.05) is 6.92 Å². The van der Waals surface area contributed by atoms with Crippen LogP contribution in [0.5, 0.6) is 0 Å². The summed E-state index contributed by atoms with van der Waals surface area (Å²) in [5.41, 5.74) is 1.64. The number of nitrogens with zero attached hydrogens (tertiary/aromatic N) is 1. The van der Waals surface area contributed by atoms with Gasteiger partial charge in [-0.3, -0.25) is 4.79 Å². The van der Waals surface area contributed by atoms with Crippen molar-refractivity contribution in [1.29, 1.82) is 0 Å². The Morgan fingerprint density at radius 1 is 1.33 bits per heavy atom. The number of hydrogen-bond acceptors (Lipinski definition) is 3. The molecule has 0 unspecified atom stereocenters. The average Bonchev–Trinajstić information content (AvgIpc) is 2.77. The Bertz CT molecular complexity index is 620. The van der Waals surface area contributed by atoms with Crippen molar-refractivity contribution < 1.29 is 9.18 Å². The second-order valence-electron chi connectivity index (χ2n) is 5.43. The van der Waals surface area contributed by atoms with Crippen LogP contribution in [0.15, 0.2) is 24.3 Å². The van der Waals surface area contributed by atoms with Gasteiger partial charge >= 0.3 is 0 Å². The number of aryl methyl sites for hydroxylation is 1. The summed E-state index contributed by atoms with van der Waals surface area (Å²) in [5.74, 6) is 0.122. The van der Waals surface area contributed by atoms with Gasteiger partial charge in [0.15, 0.2) is 0 Å². The van der Waals surface area contributed by atoms with E-state index < -0.39 is 0 Å². The largest absolute Gasteiger partial charge is 0.347 e. The van der Waals surface area contributed by atoms with E-state index in [-0.39, 0.29) is 11.7 Å². The van der Waals surface area contributed by atoms with E-state index in [4.69, 9.17) is 0 Å². The van der Waals surface area contributed by atoms with Crippen molar-refractivity contribution >= 4 is 17.2 Å². The van der Waals surface area contributed by atoms with Crippen LogP contribution in [0, 0.1) is 18.7 Å². The lowest BCUT2D eigenvalue weighted by Crippen LogP contribution is -2.22. The molecule has 0 atom stereocenters. The molecule has 3 nitrogen and oxygen atoms in total. The highest BCUT2D eigenvalue weighted by atomic mass is 32.1. The second kappa shape index (κ2) is 6.80. The lowest BCUT2D eigenvalue weighted by Gasteiger charge is -2.04. The highest BCUT2D eigenvalue weighted by Gasteiger charge is 2.15. The summed E-state index contributed by atoms with van der Waals surface area (Å²) in [4.78, 5) is 17.3. The minimum absolute atomic E-state index is 0.121. The minimum atomic E-state index is -0.276. The fraction of sp³-hybridized carbons (Fsp3) is 0.375. The lowest BCUT2D eigenvalue weighted by molar-refractivity contribution is 0.0954. The molecular formula is C16H19FN2OS. The van der Waals surface area contributed by atoms with E-state index in [0.29, 0.717) is 17.3 Å². The summed E-state index contributed by atoms with van der Waals surface area (Å²) in [6.45, 7) is 6.50. The van der Waals surface area contributed by atoms with Gasteiger partial charge in [-0.05, 0) is 30.5 Å². The summed E-state index contributed by atoms with van der Waals surface area (Å²) in [5, 5.41) is 3.85. The zero-order valence-electron chi connectivity index (χ0n) is 12.4. The van der Waals surface area contributed by atoms with E-state index >= 15 is 0 Å². The first-order chi connectivity index (χ1) is 9.95. The van der Waals surface area contributed by atoms with Crippen molar-refractivity contribution in [2.45, 2.75) is 33.7 Å². The van der Waals surface area contributed by atoms with Gasteiger partial charge in [-0.25, -0.2) is 9.37 Å². The summed E-state index contributed by atoms with van der Waals surface area (Å²) >= 11 is 1.45. The molecule has 112 valence electrons. The van der Waals surface area contributed by atoms with Crippen molar-refractivity contribution in [3.63, 3.8) is 0 Å². The molecule has 21 heavy (non-hydrogen) atoms. The van der Waals surface area contributed by atoms with Crippen LogP contribution in [-0.4, -0.2) is 10.9 Å². The van der Waals surface area contributed by atoms with Crippen LogP contribution < -0.4 is 5.32 Å². The van der Waals surface area contributed by atoms with Crippen LogP contribution in [0.25, 0.3) is 0 Å². The van der Waals surface area contributed by atoms with Crippen LogP contribution in [0.4, 0.5) is 4.39 Å². The third kappa shape index (κ3) is 4.36. The Balaban J connectivity index is 2.00. The molecule has 0 saturated heterocycles. The first-order valence-electron chi connectivity index (χ1n) is 6.94. The van der Waals surface area contributed by atoms with Gasteiger partial charge in [-0.15, -0.1) is 11.3 Å². The molecule has 0 saturated carbocycles. The molecule has 1 heterocycles. The molecule has 1 amide bonds. The fourth-order valence-electron chi connectivity index (χ4n) is 1.96. The molecule has 0 aliphatic rings. The fourth-order valence-corrected chi connectivity index (χ4v) is 3.16. The van der Waals surface area contributed by atoms with Gasteiger partial charge in [0.1, 0.15) is 10.7 Å². The highest BCUT2D eigenvalue weighted by molar-refractivity contribution is 7.13. The van der Waals surface area contributed by atoms with Gasteiger partial charge in [0.05, 0.1) is 10.7 Å². The van der Waals surface area contributed by atoms with Crippen molar-refractivity contribution in [2.75, 3.05) is 0 Å². The maximum Gasteiger partial charge on any atom is 0.263 e. The minimum Gasteiger partial charge on any atom is -0.347 e. The van der Waals surface area contributed by atoms with Crippen molar-refractivity contribution in [2.24, 2.45) is 5.92 Å². The van der Waals surface area contributed by atoms with Crippen LogP contribution in [-0.2, 0) is 13.0 Å². The van der Waals surface area contributed by atoms with E-state index in [1.54, 1.807) is 12.1 Å². The zero-order chi connectivity index (χ0) is 15.4. The molecule has 0 aliphatic carbocycles. The standard InChI is InChI=1S/C16H19FN2OS/c1-10(2)8-14-19-11(3)15(21-14)16(20)18-9-12-4-6-13(17)7-5-12/h4-7,10H,8-9H2,1-3H3,(H,18,20). The first kappa shape index (κ1) is 15.6. The third-order valence-corrected chi connectivity index (χ3v) is 4.17. The van der Waals surface area contributed by atoms with Crippen LogP contribution in [0.1, 0.15) is 39.8 Å². The monoisotopic (exact) mass is 306 g/mol. The molecule has 1 aromatic carbocycles. The molecule has 5 heteroatoms. The number of carbonyl (C=O) groups excluding carboxylic acids is 1. The third-order valence-electron chi connectivity index (χ3n) is 3.00. The number of halogens is 1. The molecule has 0 bridgehead atoms. The zero-order valence-corrected chi connectivity index (χ0v) is 13.3. The molecule has 0 aliphatic heterocycles. The van der Waals surface area contributed by atoms with Gasteiger partial charge in [-0.1, -0.05) is 26.0 Å². The number of amides is 1. The van der Waals surface area contributed by atoms with E-state index in [1.165, 1.54) is 23.5 Å². The smallest absolute Gasteiger partial charge is 0.263 e. The quantitative estimate of drug-likeness (QED) is 0.915. The Hall–Kier alpha value is -1.75. The molecule has 1 N–H and O–H groups in total. The van der Waals surface area contributed by atoms with Gasteiger partial charge < -0.3 is 5.32 Å². The second-order valence-corrected chi connectivity index (χ2v) is 6.51. The first-order valence-corrected chi connectivity index (χ1v) is 7.76. The number of rotatable bonds is 5. The summed E-state index contributed by atoms with van der Waals surface area (Å²) < 4.78 is 12.8. The molecule has 0 spiro atoms. The van der Waals surface area contributed by atoms with Crippen molar-refractivity contribution in [3.8, 4) is 0 Å². The molecule has 0 fully saturated rings. The van der Waals surface area contributed by atoms with Gasteiger partial charge in [-0.2, -0.15) is 0 Å². The summed E-state index contributed by atoms with van der Waals surface area (Å²) in [6, 6.07) is 6.11. The molecule has 2 aromatic rings. The maximum atomic E-state index is 12.8. The number of carbonyl (C=O) groups is 1. The highest BCUT2D eigenvalue weighted by Crippen LogP contribution is 2.20. The number of thiazole rings is 1. The summed E-state index contributed by atoms with van der Waals surface area (Å²) in [6.07, 6.45) is 0.886. The number of benzene rings is 1. The van der Waals surface area contributed by atoms with Gasteiger partial charge in [0.25, 0.3) is 5.91 Å². The summed E-state index contributed by atoms with van der Waals surface area (Å²) in [7, 11) is 0. The lowest BCUT2D eigenvalue weighted by atomic mass is 10.1. The normalized spacial score (nSPS) is 10.9. The molecule has 0 radical (unpaired) electrons. The predicted octanol–water partition coefficient (Wildman–Crippen LogP) is 3.72. The Labute approximate surface area is 128 Å². The Kier molecular flexibility index (Phi) is 5.07. The molecule has 2 rings (SSSR count). The predicted molar refractivity (Wildman–Crippen MR) is 83.0 cm³/mol. The SMILES string of the molecule is Cc1nc(CC(C)C)sc1C(=O)NCc1ccc(F)cc1. The van der Waals surface area contributed by atoms with E-state index in [0.717, 1.165) is 22.7 Å². The maximum absolute atomic E-state index is 12.8. The van der Waals surface area contributed by atoms with Crippen LogP contribution in [0.3, 0.4) is 0 Å². The number of nitrogens with one attached hydrogen (secondary N) is 1. The van der Waals surface area contributed by atoms with E-state index in [2.05, 4.69) is 24.1 Å². The van der Waals surface area contributed by atoms with Crippen molar-refractivity contribution in [1.82, 2.24) is 10.3 Å². The number of hydrogen-bond donors (Lipinski definition) is 1. The molecular weight excluding hydrogens is 287 g/mol. The van der Waals surface area contributed by atoms with Gasteiger partial charge in [0, 0.05) is 13.0 Å². The average molecular weight is 306 g/mol. The topological polar surface area (TPSA) is 42.0 Å². The Morgan fingerprint density at radius 2 is 2.00 bits per heavy atom. The van der Waals surface area contributed by atoms with Crippen LogP contribution >= 0.6 is 11.3 Å². The van der Waals surface area contributed by atoms with Crippen molar-refractivity contribution in [3.05, 3.63) is 51.2 Å². The van der Waals surface area contributed by atoms with E-state index in [9.17, 15) is 9.18 Å². The van der Waals surface area contributed by atoms with Crippen LogP contribution in [0.2, 0.25) is 0 Å². The van der Waals surface area contributed by atoms with Gasteiger partial charge in [0.2, 0.25) is 0 Å². The Morgan fingerprint density at radius 3 is 2.62 bits per heavy atom.